The lowest BCUT2D eigenvalue weighted by molar-refractivity contribution is 0.100. The fourth-order valence-electron chi connectivity index (χ4n) is 3.50. The van der Waals surface area contributed by atoms with E-state index in [2.05, 4.69) is 23.5 Å². The summed E-state index contributed by atoms with van der Waals surface area (Å²) in [5.74, 6) is -0.398. The van der Waals surface area contributed by atoms with Crippen molar-refractivity contribution < 1.29 is 4.79 Å². The van der Waals surface area contributed by atoms with E-state index in [1.54, 1.807) is 0 Å². The van der Waals surface area contributed by atoms with Crippen molar-refractivity contribution >= 4 is 24.0 Å². The minimum Gasteiger partial charge on any atom is -0.384 e. The standard InChI is InChI=1S/C22H20N2O.ClH/c1-14-5-7-15(8-6-14)18-3-2-4-19(21(18)22(23)25)16-9-10-20-17(13-16)11-12-24-20;/h2-10,13,24H,11-12H2,1H3,(H2,23,25);1H. The number of nitrogens with two attached hydrogens (primary N) is 1. The van der Waals surface area contributed by atoms with Crippen LogP contribution < -0.4 is 11.1 Å². The third kappa shape index (κ3) is 3.18. The fourth-order valence-corrected chi connectivity index (χ4v) is 3.50. The highest BCUT2D eigenvalue weighted by Gasteiger charge is 2.18. The van der Waals surface area contributed by atoms with Gasteiger partial charge in [0, 0.05) is 12.2 Å². The number of carbonyl (C=O) groups excluding carboxylic acids is 1. The molecule has 3 aromatic rings. The molecular weight excluding hydrogens is 344 g/mol. The molecule has 1 aliphatic rings. The molecule has 3 N–H and O–H groups in total. The Bertz CT molecular complexity index is 964. The number of anilines is 1. The number of fused-ring (bicyclic) bond motifs is 1. The highest BCUT2D eigenvalue weighted by atomic mass is 35.5. The van der Waals surface area contributed by atoms with Crippen molar-refractivity contribution in [1.29, 1.82) is 0 Å². The first-order chi connectivity index (χ1) is 12.1. The molecule has 0 fully saturated rings. The van der Waals surface area contributed by atoms with Gasteiger partial charge in [-0.2, -0.15) is 0 Å². The smallest absolute Gasteiger partial charge is 0.249 e. The van der Waals surface area contributed by atoms with Gasteiger partial charge in [0.25, 0.3) is 0 Å². The van der Waals surface area contributed by atoms with Crippen LogP contribution in [0.2, 0.25) is 0 Å². The molecule has 0 aliphatic carbocycles. The van der Waals surface area contributed by atoms with Gasteiger partial charge in [-0.1, -0.05) is 54.1 Å². The fraction of sp³-hybridized carbons (Fsp3) is 0.136. The third-order valence-electron chi connectivity index (χ3n) is 4.80. The molecule has 1 heterocycles. The first kappa shape index (κ1) is 18.0. The lowest BCUT2D eigenvalue weighted by atomic mass is 9.90. The summed E-state index contributed by atoms with van der Waals surface area (Å²) >= 11 is 0. The molecule has 26 heavy (non-hydrogen) atoms. The van der Waals surface area contributed by atoms with E-state index in [9.17, 15) is 4.79 Å². The van der Waals surface area contributed by atoms with E-state index in [4.69, 9.17) is 5.73 Å². The Morgan fingerprint density at radius 2 is 1.62 bits per heavy atom. The van der Waals surface area contributed by atoms with Crippen LogP contribution in [0.1, 0.15) is 21.5 Å². The summed E-state index contributed by atoms with van der Waals surface area (Å²) in [5, 5.41) is 3.37. The van der Waals surface area contributed by atoms with Crippen molar-refractivity contribution in [2.75, 3.05) is 11.9 Å². The van der Waals surface area contributed by atoms with Crippen molar-refractivity contribution in [3.63, 3.8) is 0 Å². The minimum atomic E-state index is -0.398. The lowest BCUT2D eigenvalue weighted by Gasteiger charge is -2.14. The summed E-state index contributed by atoms with van der Waals surface area (Å²) in [6.45, 7) is 3.01. The normalized spacial score (nSPS) is 12.0. The Labute approximate surface area is 159 Å². The van der Waals surface area contributed by atoms with Crippen LogP contribution in [0.5, 0.6) is 0 Å². The quantitative estimate of drug-likeness (QED) is 0.700. The second kappa shape index (κ2) is 7.22. The molecular formula is C22H21ClN2O. The van der Waals surface area contributed by atoms with Gasteiger partial charge >= 0.3 is 0 Å². The molecule has 1 amide bonds. The SMILES string of the molecule is Cc1ccc(-c2cccc(-c3ccc4c(c3)CCN4)c2C(N)=O)cc1.Cl. The summed E-state index contributed by atoms with van der Waals surface area (Å²) in [4.78, 5) is 12.3. The van der Waals surface area contributed by atoms with Gasteiger partial charge in [0.1, 0.15) is 0 Å². The summed E-state index contributed by atoms with van der Waals surface area (Å²) in [7, 11) is 0. The van der Waals surface area contributed by atoms with E-state index in [0.29, 0.717) is 5.56 Å². The third-order valence-corrected chi connectivity index (χ3v) is 4.80. The number of rotatable bonds is 3. The van der Waals surface area contributed by atoms with Crippen molar-refractivity contribution in [2.45, 2.75) is 13.3 Å². The number of aryl methyl sites for hydroxylation is 1. The largest absolute Gasteiger partial charge is 0.384 e. The van der Waals surface area contributed by atoms with Crippen LogP contribution in [-0.2, 0) is 6.42 Å². The summed E-state index contributed by atoms with van der Waals surface area (Å²) in [6, 6.07) is 20.4. The van der Waals surface area contributed by atoms with Gasteiger partial charge < -0.3 is 11.1 Å². The maximum Gasteiger partial charge on any atom is 0.249 e. The summed E-state index contributed by atoms with van der Waals surface area (Å²) in [5.41, 5.74) is 13.8. The molecule has 0 aromatic heterocycles. The molecule has 4 rings (SSSR count). The molecule has 0 saturated carbocycles. The predicted octanol–water partition coefficient (Wildman–Crippen LogP) is 4.82. The van der Waals surface area contributed by atoms with E-state index >= 15 is 0 Å². The van der Waals surface area contributed by atoms with Crippen LogP contribution in [0.4, 0.5) is 5.69 Å². The summed E-state index contributed by atoms with van der Waals surface area (Å²) < 4.78 is 0. The van der Waals surface area contributed by atoms with E-state index in [1.807, 2.05) is 49.4 Å². The molecule has 0 spiro atoms. The van der Waals surface area contributed by atoms with Gasteiger partial charge in [0.2, 0.25) is 5.91 Å². The van der Waals surface area contributed by atoms with E-state index < -0.39 is 5.91 Å². The highest BCUT2D eigenvalue weighted by molar-refractivity contribution is 6.06. The van der Waals surface area contributed by atoms with Crippen LogP contribution in [0.25, 0.3) is 22.3 Å². The van der Waals surface area contributed by atoms with Crippen LogP contribution in [-0.4, -0.2) is 12.5 Å². The van der Waals surface area contributed by atoms with Crippen LogP contribution in [0, 0.1) is 6.92 Å². The van der Waals surface area contributed by atoms with Crippen LogP contribution in [0.3, 0.4) is 0 Å². The van der Waals surface area contributed by atoms with Crippen molar-refractivity contribution in [3.05, 3.63) is 77.4 Å². The first-order valence-electron chi connectivity index (χ1n) is 8.50. The van der Waals surface area contributed by atoms with Crippen LogP contribution in [0.15, 0.2) is 60.7 Å². The predicted molar refractivity (Wildman–Crippen MR) is 110 cm³/mol. The maximum atomic E-state index is 12.3. The molecule has 132 valence electrons. The van der Waals surface area contributed by atoms with E-state index in [0.717, 1.165) is 35.2 Å². The highest BCUT2D eigenvalue weighted by Crippen LogP contribution is 2.35. The molecule has 0 radical (unpaired) electrons. The molecule has 0 bridgehead atoms. The average molecular weight is 365 g/mol. The van der Waals surface area contributed by atoms with Crippen molar-refractivity contribution in [2.24, 2.45) is 5.73 Å². The zero-order valence-electron chi connectivity index (χ0n) is 14.6. The van der Waals surface area contributed by atoms with Gasteiger partial charge in [-0.15, -0.1) is 12.4 Å². The number of hydrogen-bond acceptors (Lipinski definition) is 2. The molecule has 3 aromatic carbocycles. The molecule has 4 heteroatoms. The Balaban J connectivity index is 0.00000196. The number of carbonyl (C=O) groups is 1. The number of primary amides is 1. The van der Waals surface area contributed by atoms with Gasteiger partial charge in [-0.3, -0.25) is 4.79 Å². The second-order valence-electron chi connectivity index (χ2n) is 6.51. The summed E-state index contributed by atoms with van der Waals surface area (Å²) in [6.07, 6.45) is 1.01. The van der Waals surface area contributed by atoms with E-state index in [-0.39, 0.29) is 12.4 Å². The van der Waals surface area contributed by atoms with Gasteiger partial charge in [0.15, 0.2) is 0 Å². The van der Waals surface area contributed by atoms with Crippen molar-refractivity contribution in [1.82, 2.24) is 0 Å². The minimum absolute atomic E-state index is 0. The second-order valence-corrected chi connectivity index (χ2v) is 6.51. The number of amides is 1. The number of hydrogen-bond donors (Lipinski definition) is 2. The zero-order valence-corrected chi connectivity index (χ0v) is 15.4. The Morgan fingerprint density at radius 1 is 0.962 bits per heavy atom. The topological polar surface area (TPSA) is 55.1 Å². The molecule has 0 saturated heterocycles. The van der Waals surface area contributed by atoms with E-state index in [1.165, 1.54) is 16.8 Å². The van der Waals surface area contributed by atoms with Crippen molar-refractivity contribution in [3.8, 4) is 22.3 Å². The average Bonchev–Trinajstić information content (AvgIpc) is 3.09. The van der Waals surface area contributed by atoms with Gasteiger partial charge in [-0.05, 0) is 53.3 Å². The Morgan fingerprint density at radius 3 is 2.31 bits per heavy atom. The van der Waals surface area contributed by atoms with Crippen LogP contribution >= 0.6 is 12.4 Å². The number of nitrogens with one attached hydrogen (secondary N) is 1. The molecule has 0 atom stereocenters. The Hall–Kier alpha value is -2.78. The molecule has 3 nitrogen and oxygen atoms in total. The molecule has 0 unspecified atom stereocenters. The number of halogens is 1. The van der Waals surface area contributed by atoms with Gasteiger partial charge in [0.05, 0.1) is 5.56 Å². The molecule has 1 aliphatic heterocycles. The number of benzene rings is 3. The van der Waals surface area contributed by atoms with Gasteiger partial charge in [-0.25, -0.2) is 0 Å². The Kier molecular flexibility index (Phi) is 5.01. The maximum absolute atomic E-state index is 12.3. The zero-order chi connectivity index (χ0) is 17.4. The lowest BCUT2D eigenvalue weighted by Crippen LogP contribution is -2.14. The first-order valence-corrected chi connectivity index (χ1v) is 8.50. The monoisotopic (exact) mass is 364 g/mol.